The van der Waals surface area contributed by atoms with Gasteiger partial charge in [-0.2, -0.15) is 0 Å². The predicted octanol–water partition coefficient (Wildman–Crippen LogP) is 3.27. The Kier molecular flexibility index (Phi) is 3.88. The average molecular weight is 283 g/mol. The summed E-state index contributed by atoms with van der Waals surface area (Å²) in [6.07, 6.45) is 5.19. The molecule has 1 aliphatic rings. The lowest BCUT2D eigenvalue weighted by molar-refractivity contribution is 0.242. The lowest BCUT2D eigenvalue weighted by atomic mass is 9.93. The Morgan fingerprint density at radius 1 is 1.24 bits per heavy atom. The van der Waals surface area contributed by atoms with Crippen LogP contribution in [0.25, 0.3) is 11.4 Å². The maximum Gasteiger partial charge on any atom is 0.159 e. The molecule has 1 aliphatic carbocycles. The van der Waals surface area contributed by atoms with Gasteiger partial charge in [-0.25, -0.2) is 9.97 Å². The summed E-state index contributed by atoms with van der Waals surface area (Å²) in [6, 6.07) is 8.02. The maximum absolute atomic E-state index is 6.10. The first-order chi connectivity index (χ1) is 10.1. The van der Waals surface area contributed by atoms with E-state index in [1.165, 1.54) is 0 Å². The van der Waals surface area contributed by atoms with Gasteiger partial charge in [0, 0.05) is 29.1 Å². The molecule has 3 rings (SSSR count). The Morgan fingerprint density at radius 3 is 2.71 bits per heavy atom. The van der Waals surface area contributed by atoms with E-state index in [0.717, 1.165) is 47.7 Å². The topological polar surface area (TPSA) is 61.0 Å². The zero-order valence-electron chi connectivity index (χ0n) is 12.5. The SMILES string of the molecule is CC(C)Oc1ccc(-c2ncc3c(n2)CCCC3N)cc1. The van der Waals surface area contributed by atoms with E-state index in [1.807, 2.05) is 44.3 Å². The number of fused-ring (bicyclic) bond motifs is 1. The highest BCUT2D eigenvalue weighted by Gasteiger charge is 2.19. The summed E-state index contributed by atoms with van der Waals surface area (Å²) in [5.74, 6) is 1.63. The van der Waals surface area contributed by atoms with Crippen molar-refractivity contribution in [3.05, 3.63) is 41.7 Å². The fraction of sp³-hybridized carbons (Fsp3) is 0.412. The van der Waals surface area contributed by atoms with Crippen molar-refractivity contribution >= 4 is 0 Å². The summed E-state index contributed by atoms with van der Waals surface area (Å²) in [5, 5.41) is 0. The third-order valence-corrected chi connectivity index (χ3v) is 3.71. The smallest absolute Gasteiger partial charge is 0.159 e. The molecule has 110 valence electrons. The van der Waals surface area contributed by atoms with Gasteiger partial charge in [-0.3, -0.25) is 0 Å². The molecule has 1 atom stereocenters. The molecule has 0 aliphatic heterocycles. The van der Waals surface area contributed by atoms with Crippen molar-refractivity contribution in [1.29, 1.82) is 0 Å². The Balaban J connectivity index is 1.87. The average Bonchev–Trinajstić information content (AvgIpc) is 2.47. The van der Waals surface area contributed by atoms with Crippen LogP contribution < -0.4 is 10.5 Å². The normalized spacial score (nSPS) is 17.6. The lowest BCUT2D eigenvalue weighted by Gasteiger charge is -2.21. The number of hydrogen-bond donors (Lipinski definition) is 1. The molecule has 1 aromatic carbocycles. The molecule has 0 bridgehead atoms. The van der Waals surface area contributed by atoms with E-state index in [0.29, 0.717) is 0 Å². The summed E-state index contributed by atoms with van der Waals surface area (Å²) in [5.41, 5.74) is 9.31. The fourth-order valence-electron chi connectivity index (χ4n) is 2.68. The van der Waals surface area contributed by atoms with Gasteiger partial charge in [0.05, 0.1) is 6.10 Å². The van der Waals surface area contributed by atoms with Crippen LogP contribution in [0.3, 0.4) is 0 Å². The zero-order chi connectivity index (χ0) is 14.8. The summed E-state index contributed by atoms with van der Waals surface area (Å²) in [6.45, 7) is 4.04. The van der Waals surface area contributed by atoms with Crippen LogP contribution in [0.1, 0.15) is 44.0 Å². The van der Waals surface area contributed by atoms with E-state index in [-0.39, 0.29) is 12.1 Å². The number of rotatable bonds is 3. The molecule has 0 amide bonds. The van der Waals surface area contributed by atoms with Gasteiger partial charge in [-0.05, 0) is 57.4 Å². The highest BCUT2D eigenvalue weighted by molar-refractivity contribution is 5.56. The Hall–Kier alpha value is -1.94. The summed E-state index contributed by atoms with van der Waals surface area (Å²) in [4.78, 5) is 9.16. The first kappa shape index (κ1) is 14.0. The summed E-state index contributed by atoms with van der Waals surface area (Å²) < 4.78 is 5.65. The molecule has 1 aromatic heterocycles. The van der Waals surface area contributed by atoms with E-state index in [2.05, 4.69) is 4.98 Å². The monoisotopic (exact) mass is 283 g/mol. The van der Waals surface area contributed by atoms with Crippen molar-refractivity contribution < 1.29 is 4.74 Å². The van der Waals surface area contributed by atoms with Gasteiger partial charge < -0.3 is 10.5 Å². The van der Waals surface area contributed by atoms with Crippen molar-refractivity contribution in [1.82, 2.24) is 9.97 Å². The number of benzene rings is 1. The number of aromatic nitrogens is 2. The second kappa shape index (κ2) is 5.82. The van der Waals surface area contributed by atoms with Crippen molar-refractivity contribution in [3.63, 3.8) is 0 Å². The van der Waals surface area contributed by atoms with Gasteiger partial charge in [0.2, 0.25) is 0 Å². The van der Waals surface area contributed by atoms with E-state index < -0.39 is 0 Å². The third-order valence-electron chi connectivity index (χ3n) is 3.71. The standard InChI is InChI=1S/C17H21N3O/c1-11(2)21-13-8-6-12(7-9-13)17-19-10-14-15(18)4-3-5-16(14)20-17/h6-11,15H,3-5,18H2,1-2H3. The van der Waals surface area contributed by atoms with Crippen LogP contribution in [-0.4, -0.2) is 16.1 Å². The molecular formula is C17H21N3O. The highest BCUT2D eigenvalue weighted by Crippen LogP contribution is 2.28. The fourth-order valence-corrected chi connectivity index (χ4v) is 2.68. The number of ether oxygens (including phenoxy) is 1. The lowest BCUT2D eigenvalue weighted by Crippen LogP contribution is -2.19. The number of nitrogens with zero attached hydrogens (tertiary/aromatic N) is 2. The molecular weight excluding hydrogens is 262 g/mol. The Bertz CT molecular complexity index is 622. The highest BCUT2D eigenvalue weighted by atomic mass is 16.5. The van der Waals surface area contributed by atoms with Crippen LogP contribution in [0.4, 0.5) is 0 Å². The van der Waals surface area contributed by atoms with E-state index >= 15 is 0 Å². The molecule has 2 aromatic rings. The molecule has 4 nitrogen and oxygen atoms in total. The minimum Gasteiger partial charge on any atom is -0.491 e. The van der Waals surface area contributed by atoms with Crippen LogP contribution in [0.15, 0.2) is 30.5 Å². The largest absolute Gasteiger partial charge is 0.491 e. The summed E-state index contributed by atoms with van der Waals surface area (Å²) >= 11 is 0. The van der Waals surface area contributed by atoms with Gasteiger partial charge in [-0.15, -0.1) is 0 Å². The van der Waals surface area contributed by atoms with Crippen LogP contribution in [-0.2, 0) is 6.42 Å². The molecule has 0 radical (unpaired) electrons. The van der Waals surface area contributed by atoms with Gasteiger partial charge in [-0.1, -0.05) is 0 Å². The number of nitrogens with two attached hydrogens (primary N) is 1. The van der Waals surface area contributed by atoms with Crippen LogP contribution >= 0.6 is 0 Å². The first-order valence-electron chi connectivity index (χ1n) is 7.52. The van der Waals surface area contributed by atoms with Crippen LogP contribution in [0, 0.1) is 0 Å². The number of aryl methyl sites for hydroxylation is 1. The van der Waals surface area contributed by atoms with E-state index in [4.69, 9.17) is 15.5 Å². The van der Waals surface area contributed by atoms with Crippen LogP contribution in [0.2, 0.25) is 0 Å². The van der Waals surface area contributed by atoms with Gasteiger partial charge in [0.25, 0.3) is 0 Å². The molecule has 1 unspecified atom stereocenters. The molecule has 2 N–H and O–H groups in total. The molecule has 0 saturated heterocycles. The Labute approximate surface area is 125 Å². The zero-order valence-corrected chi connectivity index (χ0v) is 12.5. The second-order valence-electron chi connectivity index (χ2n) is 5.79. The second-order valence-corrected chi connectivity index (χ2v) is 5.79. The minimum absolute atomic E-state index is 0.0876. The third kappa shape index (κ3) is 3.05. The van der Waals surface area contributed by atoms with Gasteiger partial charge in [0.1, 0.15) is 5.75 Å². The molecule has 0 fully saturated rings. The van der Waals surface area contributed by atoms with Crippen molar-refractivity contribution in [2.45, 2.75) is 45.3 Å². The number of hydrogen-bond acceptors (Lipinski definition) is 4. The quantitative estimate of drug-likeness (QED) is 0.939. The predicted molar refractivity (Wildman–Crippen MR) is 83.1 cm³/mol. The van der Waals surface area contributed by atoms with Crippen molar-refractivity contribution in [2.75, 3.05) is 0 Å². The van der Waals surface area contributed by atoms with Crippen molar-refractivity contribution in [3.8, 4) is 17.1 Å². The molecule has 0 saturated carbocycles. The van der Waals surface area contributed by atoms with Gasteiger partial charge in [0.15, 0.2) is 5.82 Å². The van der Waals surface area contributed by atoms with Crippen molar-refractivity contribution in [2.24, 2.45) is 5.73 Å². The molecule has 0 spiro atoms. The van der Waals surface area contributed by atoms with Gasteiger partial charge >= 0.3 is 0 Å². The molecule has 4 heteroatoms. The first-order valence-corrected chi connectivity index (χ1v) is 7.52. The minimum atomic E-state index is 0.0876. The maximum atomic E-state index is 6.10. The van der Waals surface area contributed by atoms with Crippen LogP contribution in [0.5, 0.6) is 5.75 Å². The summed E-state index contributed by atoms with van der Waals surface area (Å²) in [7, 11) is 0. The Morgan fingerprint density at radius 2 is 2.00 bits per heavy atom. The molecule has 21 heavy (non-hydrogen) atoms. The van der Waals surface area contributed by atoms with E-state index in [1.54, 1.807) is 0 Å². The molecule has 1 heterocycles. The van der Waals surface area contributed by atoms with E-state index in [9.17, 15) is 0 Å².